The summed E-state index contributed by atoms with van der Waals surface area (Å²) in [5, 5.41) is 7.07. The molecule has 1 fully saturated rings. The van der Waals surface area contributed by atoms with Gasteiger partial charge in [0.2, 0.25) is 0 Å². The van der Waals surface area contributed by atoms with Crippen molar-refractivity contribution in [1.82, 2.24) is 20.2 Å². The van der Waals surface area contributed by atoms with E-state index in [-0.39, 0.29) is 5.82 Å². The first-order valence-electron chi connectivity index (χ1n) is 6.37. The number of hydrogen-bond donors (Lipinski definition) is 1. The number of aromatic nitrogens is 4. The van der Waals surface area contributed by atoms with Crippen LogP contribution >= 0.6 is 0 Å². The van der Waals surface area contributed by atoms with Gasteiger partial charge in [-0.25, -0.2) is 9.37 Å². The first-order valence-corrected chi connectivity index (χ1v) is 6.37. The lowest BCUT2D eigenvalue weighted by Gasteiger charge is -2.18. The van der Waals surface area contributed by atoms with Crippen LogP contribution in [-0.4, -0.2) is 20.2 Å². The fourth-order valence-corrected chi connectivity index (χ4v) is 2.51. The Hall–Kier alpha value is -1.78. The molecule has 0 spiro atoms. The molecule has 0 aromatic carbocycles. The molecule has 1 saturated carbocycles. The fourth-order valence-electron chi connectivity index (χ4n) is 2.51. The van der Waals surface area contributed by atoms with E-state index in [1.807, 2.05) is 0 Å². The highest BCUT2D eigenvalue weighted by atomic mass is 19.1. The average molecular weight is 246 g/mol. The fraction of sp³-hybridized carbons (Fsp3) is 0.462. The highest BCUT2D eigenvalue weighted by Crippen LogP contribution is 2.31. The van der Waals surface area contributed by atoms with Crippen LogP contribution in [0.3, 0.4) is 0 Å². The van der Waals surface area contributed by atoms with Crippen molar-refractivity contribution in [2.75, 3.05) is 0 Å². The van der Waals surface area contributed by atoms with Crippen molar-refractivity contribution in [3.63, 3.8) is 0 Å². The van der Waals surface area contributed by atoms with Gasteiger partial charge >= 0.3 is 0 Å². The minimum atomic E-state index is -0.383. The summed E-state index contributed by atoms with van der Waals surface area (Å²) in [6.07, 6.45) is 8.81. The van der Waals surface area contributed by atoms with Gasteiger partial charge < -0.3 is 0 Å². The zero-order chi connectivity index (χ0) is 12.4. The number of halogens is 1. The SMILES string of the molecule is Fc1cnccc1-c1n[nH]c(C2CCCCC2)n1. The highest BCUT2D eigenvalue weighted by molar-refractivity contribution is 5.54. The van der Waals surface area contributed by atoms with Gasteiger partial charge in [-0.05, 0) is 18.9 Å². The predicted molar refractivity (Wildman–Crippen MR) is 65.4 cm³/mol. The van der Waals surface area contributed by atoms with E-state index in [9.17, 15) is 4.39 Å². The number of nitrogens with zero attached hydrogens (tertiary/aromatic N) is 3. The number of hydrogen-bond acceptors (Lipinski definition) is 3. The lowest BCUT2D eigenvalue weighted by atomic mass is 9.89. The maximum atomic E-state index is 13.6. The average Bonchev–Trinajstić information content (AvgIpc) is 2.90. The molecular formula is C13H15FN4. The molecule has 18 heavy (non-hydrogen) atoms. The number of nitrogens with one attached hydrogen (secondary N) is 1. The molecule has 1 aliphatic carbocycles. The normalized spacial score (nSPS) is 16.9. The van der Waals surface area contributed by atoms with Crippen molar-refractivity contribution >= 4 is 0 Å². The van der Waals surface area contributed by atoms with Crippen LogP contribution in [0.5, 0.6) is 0 Å². The lowest BCUT2D eigenvalue weighted by molar-refractivity contribution is 0.429. The summed E-state index contributed by atoms with van der Waals surface area (Å²) in [5.74, 6) is 1.38. The molecule has 0 aliphatic heterocycles. The van der Waals surface area contributed by atoms with Crippen LogP contribution in [0.4, 0.5) is 4.39 Å². The van der Waals surface area contributed by atoms with Crippen molar-refractivity contribution in [3.8, 4) is 11.4 Å². The zero-order valence-electron chi connectivity index (χ0n) is 10.1. The summed E-state index contributed by atoms with van der Waals surface area (Å²) in [7, 11) is 0. The Morgan fingerprint density at radius 2 is 2.06 bits per heavy atom. The molecule has 2 aromatic heterocycles. The second kappa shape index (κ2) is 4.84. The molecule has 2 aromatic rings. The van der Waals surface area contributed by atoms with Gasteiger partial charge in [0.05, 0.1) is 11.8 Å². The molecule has 4 nitrogen and oxygen atoms in total. The Kier molecular flexibility index (Phi) is 3.04. The molecule has 0 bridgehead atoms. The number of rotatable bonds is 2. The van der Waals surface area contributed by atoms with E-state index in [1.54, 1.807) is 12.3 Å². The third kappa shape index (κ3) is 2.12. The van der Waals surface area contributed by atoms with Crippen molar-refractivity contribution in [1.29, 1.82) is 0 Å². The van der Waals surface area contributed by atoms with E-state index >= 15 is 0 Å². The minimum absolute atomic E-state index is 0.383. The van der Waals surface area contributed by atoms with Crippen LogP contribution in [0.2, 0.25) is 0 Å². The lowest BCUT2D eigenvalue weighted by Crippen LogP contribution is -2.06. The van der Waals surface area contributed by atoms with E-state index in [2.05, 4.69) is 20.2 Å². The molecule has 0 radical (unpaired) electrons. The van der Waals surface area contributed by atoms with E-state index in [0.717, 1.165) is 18.7 Å². The van der Waals surface area contributed by atoms with Crippen LogP contribution in [0.1, 0.15) is 43.8 Å². The first kappa shape index (κ1) is 11.3. The van der Waals surface area contributed by atoms with Crippen molar-refractivity contribution < 1.29 is 4.39 Å². The van der Waals surface area contributed by atoms with Crippen LogP contribution in [0.25, 0.3) is 11.4 Å². The second-order valence-corrected chi connectivity index (χ2v) is 4.73. The maximum absolute atomic E-state index is 13.6. The molecule has 5 heteroatoms. The summed E-state index contributed by atoms with van der Waals surface area (Å²) < 4.78 is 13.6. The van der Waals surface area contributed by atoms with Crippen LogP contribution in [-0.2, 0) is 0 Å². The minimum Gasteiger partial charge on any atom is -0.262 e. The van der Waals surface area contributed by atoms with E-state index in [0.29, 0.717) is 17.3 Å². The molecule has 1 aliphatic rings. The quantitative estimate of drug-likeness (QED) is 0.886. The van der Waals surface area contributed by atoms with Gasteiger partial charge in [-0.1, -0.05) is 19.3 Å². The molecule has 2 heterocycles. The Bertz CT molecular complexity index is 531. The maximum Gasteiger partial charge on any atom is 0.184 e. The Morgan fingerprint density at radius 3 is 2.83 bits per heavy atom. The number of pyridine rings is 1. The summed E-state index contributed by atoms with van der Waals surface area (Å²) in [6, 6.07) is 1.60. The molecule has 0 amide bonds. The summed E-state index contributed by atoms with van der Waals surface area (Å²) in [6.45, 7) is 0. The highest BCUT2D eigenvalue weighted by Gasteiger charge is 2.20. The first-order chi connectivity index (χ1) is 8.84. The standard InChI is InChI=1S/C13H15FN4/c14-11-8-15-7-6-10(11)13-16-12(17-18-13)9-4-2-1-3-5-9/h6-9H,1-5H2,(H,16,17,18). The van der Waals surface area contributed by atoms with Crippen molar-refractivity contribution in [3.05, 3.63) is 30.1 Å². The summed E-state index contributed by atoms with van der Waals surface area (Å²) in [4.78, 5) is 8.16. The number of H-pyrrole nitrogens is 1. The number of aromatic amines is 1. The largest absolute Gasteiger partial charge is 0.262 e. The Morgan fingerprint density at radius 1 is 1.22 bits per heavy atom. The predicted octanol–water partition coefficient (Wildman–Crippen LogP) is 3.05. The van der Waals surface area contributed by atoms with Gasteiger partial charge in [0.1, 0.15) is 5.82 Å². The molecule has 0 saturated heterocycles. The summed E-state index contributed by atoms with van der Waals surface area (Å²) in [5.41, 5.74) is 0.406. The van der Waals surface area contributed by atoms with Crippen molar-refractivity contribution in [2.24, 2.45) is 0 Å². The molecular weight excluding hydrogens is 231 g/mol. The van der Waals surface area contributed by atoms with Crippen LogP contribution in [0.15, 0.2) is 18.5 Å². The monoisotopic (exact) mass is 246 g/mol. The Labute approximate surface area is 105 Å². The van der Waals surface area contributed by atoms with Crippen LogP contribution < -0.4 is 0 Å². The molecule has 94 valence electrons. The molecule has 3 rings (SSSR count). The van der Waals surface area contributed by atoms with Crippen LogP contribution in [0, 0.1) is 5.82 Å². The van der Waals surface area contributed by atoms with Gasteiger partial charge in [-0.15, -0.1) is 0 Å². The third-order valence-corrected chi connectivity index (χ3v) is 3.51. The van der Waals surface area contributed by atoms with E-state index < -0.39 is 0 Å². The van der Waals surface area contributed by atoms with Gasteiger partial charge in [0.15, 0.2) is 11.6 Å². The molecule has 0 atom stereocenters. The van der Waals surface area contributed by atoms with Gasteiger partial charge in [-0.3, -0.25) is 10.1 Å². The topological polar surface area (TPSA) is 54.5 Å². The smallest absolute Gasteiger partial charge is 0.184 e. The van der Waals surface area contributed by atoms with Gasteiger partial charge in [0.25, 0.3) is 0 Å². The van der Waals surface area contributed by atoms with Gasteiger partial charge in [0, 0.05) is 12.1 Å². The summed E-state index contributed by atoms with van der Waals surface area (Å²) >= 11 is 0. The van der Waals surface area contributed by atoms with E-state index in [4.69, 9.17) is 0 Å². The molecule has 1 N–H and O–H groups in total. The third-order valence-electron chi connectivity index (χ3n) is 3.51. The second-order valence-electron chi connectivity index (χ2n) is 4.73. The van der Waals surface area contributed by atoms with Crippen molar-refractivity contribution in [2.45, 2.75) is 38.0 Å². The van der Waals surface area contributed by atoms with Gasteiger partial charge in [-0.2, -0.15) is 5.10 Å². The molecule has 0 unspecified atom stereocenters. The zero-order valence-corrected chi connectivity index (χ0v) is 10.1. The van der Waals surface area contributed by atoms with E-state index in [1.165, 1.54) is 25.5 Å². The Balaban J connectivity index is 1.87.